The molecular formula is C22H23N7O. The number of rotatable bonds is 4. The molecular weight excluding hydrogens is 378 g/mol. The quantitative estimate of drug-likeness (QED) is 0.546. The summed E-state index contributed by atoms with van der Waals surface area (Å²) in [5, 5.41) is 4.61. The standard InChI is InChI=1S/C22H23N7O/c1-28-7-5-16(6-8-28)29-13-15(12-25-29)14-9-18(21(23)24-11-14)22-26-19-4-3-17(30-2)10-20(19)27-22/h9-13,16H,5-8H2,1-2H3,(H2,23,24)(H,26,27). The molecule has 4 heterocycles. The Bertz CT molecular complexity index is 1190. The van der Waals surface area contributed by atoms with Crippen molar-refractivity contribution in [3.05, 3.63) is 42.9 Å². The average Bonchev–Trinajstić information content (AvgIpc) is 3.41. The summed E-state index contributed by atoms with van der Waals surface area (Å²) >= 11 is 0. The van der Waals surface area contributed by atoms with Gasteiger partial charge in [-0.05, 0) is 51.2 Å². The highest BCUT2D eigenvalue weighted by Crippen LogP contribution is 2.30. The summed E-state index contributed by atoms with van der Waals surface area (Å²) in [5.41, 5.74) is 10.4. The highest BCUT2D eigenvalue weighted by Gasteiger charge is 2.19. The first-order valence-corrected chi connectivity index (χ1v) is 9.97. The number of anilines is 1. The SMILES string of the molecule is COc1c#cc2nc(-c3cc(-c4cnn(C5CCN(C)CC5)c4)cnc3N)[nH]c2c1. The second kappa shape index (κ2) is 7.35. The van der Waals surface area contributed by atoms with Crippen LogP contribution in [0.1, 0.15) is 18.9 Å². The van der Waals surface area contributed by atoms with E-state index < -0.39 is 0 Å². The van der Waals surface area contributed by atoms with E-state index in [4.69, 9.17) is 10.5 Å². The summed E-state index contributed by atoms with van der Waals surface area (Å²) < 4.78 is 7.29. The molecule has 8 heteroatoms. The maximum absolute atomic E-state index is 6.17. The van der Waals surface area contributed by atoms with Crippen molar-refractivity contribution in [2.75, 3.05) is 33.0 Å². The lowest BCUT2D eigenvalue weighted by Gasteiger charge is -2.28. The normalized spacial score (nSPS) is 15.4. The van der Waals surface area contributed by atoms with Crippen LogP contribution in [-0.2, 0) is 0 Å². The Kier molecular flexibility index (Phi) is 4.52. The lowest BCUT2D eigenvalue weighted by Crippen LogP contribution is -2.31. The van der Waals surface area contributed by atoms with E-state index in [2.05, 4.69) is 55.0 Å². The molecule has 0 atom stereocenters. The van der Waals surface area contributed by atoms with E-state index in [1.165, 1.54) is 0 Å². The number of nitrogens with two attached hydrogens (primary N) is 1. The van der Waals surface area contributed by atoms with E-state index in [0.29, 0.717) is 29.0 Å². The number of aromatic amines is 1. The molecule has 0 aliphatic carbocycles. The molecule has 0 saturated carbocycles. The molecule has 5 rings (SSSR count). The highest BCUT2D eigenvalue weighted by molar-refractivity contribution is 5.83. The Labute approximate surface area is 174 Å². The zero-order valence-corrected chi connectivity index (χ0v) is 17.0. The van der Waals surface area contributed by atoms with Crippen LogP contribution in [0.15, 0.2) is 30.7 Å². The van der Waals surface area contributed by atoms with Crippen molar-refractivity contribution in [1.29, 1.82) is 0 Å². The summed E-state index contributed by atoms with van der Waals surface area (Å²) in [6.07, 6.45) is 7.98. The lowest BCUT2D eigenvalue weighted by atomic mass is 10.1. The molecule has 3 N–H and O–H groups in total. The van der Waals surface area contributed by atoms with Gasteiger partial charge in [0.05, 0.1) is 30.4 Å². The topological polar surface area (TPSA) is 97.9 Å². The van der Waals surface area contributed by atoms with Crippen molar-refractivity contribution < 1.29 is 4.74 Å². The van der Waals surface area contributed by atoms with Crippen molar-refractivity contribution in [3.63, 3.8) is 0 Å². The number of nitrogens with zero attached hydrogens (tertiary/aromatic N) is 5. The monoisotopic (exact) mass is 401 g/mol. The summed E-state index contributed by atoms with van der Waals surface area (Å²) in [6.45, 7) is 2.19. The summed E-state index contributed by atoms with van der Waals surface area (Å²) in [6, 6.07) is 10.2. The number of hydrogen-bond donors (Lipinski definition) is 2. The maximum Gasteiger partial charge on any atom is 0.172 e. The number of pyridine rings is 1. The second-order valence-electron chi connectivity index (χ2n) is 7.71. The second-order valence-corrected chi connectivity index (χ2v) is 7.71. The average molecular weight is 401 g/mol. The number of fused-ring (bicyclic) bond motifs is 1. The molecule has 0 bridgehead atoms. The molecule has 1 aliphatic rings. The van der Waals surface area contributed by atoms with Crippen LogP contribution in [0, 0.1) is 12.1 Å². The number of nitrogens with one attached hydrogen (secondary N) is 1. The largest absolute Gasteiger partial charge is 0.489 e. The third-order valence-electron chi connectivity index (χ3n) is 5.70. The van der Waals surface area contributed by atoms with Gasteiger partial charge in [-0.1, -0.05) is 0 Å². The van der Waals surface area contributed by atoms with Gasteiger partial charge in [0, 0.05) is 29.6 Å². The van der Waals surface area contributed by atoms with Gasteiger partial charge >= 0.3 is 0 Å². The first kappa shape index (κ1) is 18.5. The molecule has 1 aliphatic heterocycles. The fraction of sp³-hybridized carbons (Fsp3) is 0.318. The minimum absolute atomic E-state index is 0.413. The minimum atomic E-state index is 0.413. The number of piperidine rings is 1. The van der Waals surface area contributed by atoms with Crippen LogP contribution in [0.5, 0.6) is 5.75 Å². The summed E-state index contributed by atoms with van der Waals surface area (Å²) in [5.74, 6) is 1.65. The third kappa shape index (κ3) is 3.33. The van der Waals surface area contributed by atoms with Crippen molar-refractivity contribution in [2.45, 2.75) is 18.9 Å². The molecule has 1 aromatic carbocycles. The Hall–Kier alpha value is -3.57. The zero-order valence-electron chi connectivity index (χ0n) is 17.0. The number of aromatic nitrogens is 5. The molecule has 30 heavy (non-hydrogen) atoms. The molecule has 0 spiro atoms. The third-order valence-corrected chi connectivity index (χ3v) is 5.70. The van der Waals surface area contributed by atoms with E-state index in [1.807, 2.05) is 18.3 Å². The van der Waals surface area contributed by atoms with Gasteiger partial charge < -0.3 is 20.4 Å². The molecule has 4 aromatic rings. The first-order chi connectivity index (χ1) is 14.6. The molecule has 0 radical (unpaired) electrons. The Balaban J connectivity index is 1.47. The number of H-pyrrole nitrogens is 1. The summed E-state index contributed by atoms with van der Waals surface area (Å²) in [7, 11) is 3.76. The highest BCUT2D eigenvalue weighted by atomic mass is 16.5. The van der Waals surface area contributed by atoms with Gasteiger partial charge in [-0.3, -0.25) is 4.68 Å². The predicted molar refractivity (Wildman–Crippen MR) is 115 cm³/mol. The molecule has 8 nitrogen and oxygen atoms in total. The van der Waals surface area contributed by atoms with Gasteiger partial charge in [0.1, 0.15) is 17.2 Å². The predicted octanol–water partition coefficient (Wildman–Crippen LogP) is 2.95. The number of hydrogen-bond acceptors (Lipinski definition) is 6. The summed E-state index contributed by atoms with van der Waals surface area (Å²) in [4.78, 5) is 14.6. The van der Waals surface area contributed by atoms with Gasteiger partial charge in [-0.15, -0.1) is 0 Å². The number of imidazole rings is 1. The van der Waals surface area contributed by atoms with E-state index in [0.717, 1.165) is 48.1 Å². The Morgan fingerprint density at radius 3 is 2.80 bits per heavy atom. The van der Waals surface area contributed by atoms with Crippen LogP contribution in [0.3, 0.4) is 0 Å². The number of methoxy groups -OCH3 is 1. The molecule has 0 unspecified atom stereocenters. The van der Waals surface area contributed by atoms with Crippen molar-refractivity contribution in [1.82, 2.24) is 29.6 Å². The molecule has 1 fully saturated rings. The zero-order chi connectivity index (χ0) is 20.7. The van der Waals surface area contributed by atoms with Gasteiger partial charge in [0.15, 0.2) is 5.75 Å². The minimum Gasteiger partial charge on any atom is -0.489 e. The van der Waals surface area contributed by atoms with E-state index in [1.54, 1.807) is 13.3 Å². The van der Waals surface area contributed by atoms with Crippen LogP contribution in [0.2, 0.25) is 0 Å². The fourth-order valence-electron chi connectivity index (χ4n) is 3.88. The van der Waals surface area contributed by atoms with Crippen LogP contribution in [0.4, 0.5) is 5.82 Å². The van der Waals surface area contributed by atoms with Gasteiger partial charge in [0.2, 0.25) is 0 Å². The number of nitrogen functional groups attached to an aromatic ring is 1. The smallest absolute Gasteiger partial charge is 0.172 e. The van der Waals surface area contributed by atoms with Crippen molar-refractivity contribution in [3.8, 4) is 28.3 Å². The van der Waals surface area contributed by atoms with Gasteiger partial charge in [-0.2, -0.15) is 5.10 Å². The van der Waals surface area contributed by atoms with Gasteiger partial charge in [0.25, 0.3) is 0 Å². The number of ether oxygens (including phenoxy) is 1. The van der Waals surface area contributed by atoms with Gasteiger partial charge in [-0.25, -0.2) is 9.97 Å². The van der Waals surface area contributed by atoms with Crippen LogP contribution in [0.25, 0.3) is 33.5 Å². The van der Waals surface area contributed by atoms with Crippen LogP contribution in [-0.4, -0.2) is 56.9 Å². The van der Waals surface area contributed by atoms with Crippen molar-refractivity contribution >= 4 is 16.9 Å². The fourth-order valence-corrected chi connectivity index (χ4v) is 3.88. The molecule has 1 saturated heterocycles. The Morgan fingerprint density at radius 1 is 1.17 bits per heavy atom. The van der Waals surface area contributed by atoms with E-state index in [-0.39, 0.29) is 0 Å². The lowest BCUT2D eigenvalue weighted by molar-refractivity contribution is 0.212. The van der Waals surface area contributed by atoms with E-state index in [9.17, 15) is 0 Å². The maximum atomic E-state index is 6.17. The molecule has 3 aromatic heterocycles. The van der Waals surface area contributed by atoms with E-state index >= 15 is 0 Å². The van der Waals surface area contributed by atoms with Crippen LogP contribution >= 0.6 is 0 Å². The molecule has 152 valence electrons. The van der Waals surface area contributed by atoms with Crippen LogP contribution < -0.4 is 10.5 Å². The van der Waals surface area contributed by atoms with Crippen molar-refractivity contribution in [2.24, 2.45) is 0 Å². The Morgan fingerprint density at radius 2 is 2.00 bits per heavy atom. The first-order valence-electron chi connectivity index (χ1n) is 9.97. The molecule has 0 amide bonds. The number of likely N-dealkylation sites (tertiary alicyclic amines) is 1.